The van der Waals surface area contributed by atoms with E-state index >= 15 is 0 Å². The maximum Gasteiger partial charge on any atom is 0.210 e. The molecule has 1 amide bonds. The molecule has 5 heteroatoms. The molecular weight excluding hydrogens is 216 g/mol. The molecule has 3 nitrogen and oxygen atoms in total. The van der Waals surface area contributed by atoms with Crippen LogP contribution in [0.5, 0.6) is 0 Å². The van der Waals surface area contributed by atoms with Gasteiger partial charge in [0.05, 0.1) is 19.3 Å². The summed E-state index contributed by atoms with van der Waals surface area (Å²) in [5.74, 6) is -1.04. The van der Waals surface area contributed by atoms with Crippen LogP contribution in [0.2, 0.25) is 0 Å². The van der Waals surface area contributed by atoms with Crippen molar-refractivity contribution in [2.75, 3.05) is 19.8 Å². The van der Waals surface area contributed by atoms with E-state index in [0.29, 0.717) is 19.6 Å². The highest BCUT2D eigenvalue weighted by molar-refractivity contribution is 5.49. The van der Waals surface area contributed by atoms with E-state index in [1.165, 1.54) is 4.90 Å². The number of morpholine rings is 1. The molecule has 0 aliphatic carbocycles. The highest BCUT2D eigenvalue weighted by atomic mass is 19.1. The largest absolute Gasteiger partial charge is 0.377 e. The Morgan fingerprint density at radius 2 is 2.25 bits per heavy atom. The fourth-order valence-electron chi connectivity index (χ4n) is 1.78. The first kappa shape index (κ1) is 11.0. The summed E-state index contributed by atoms with van der Waals surface area (Å²) in [6.07, 6.45) is 0.636. The SMILES string of the molecule is O=CN1CCOCC1c1cc(F)ccc1F. The van der Waals surface area contributed by atoms with Gasteiger partial charge >= 0.3 is 0 Å². The van der Waals surface area contributed by atoms with Gasteiger partial charge in [-0.05, 0) is 18.2 Å². The Bertz CT molecular complexity index is 398. The number of hydrogen-bond donors (Lipinski definition) is 0. The third kappa shape index (κ3) is 2.04. The van der Waals surface area contributed by atoms with E-state index in [-0.39, 0.29) is 12.2 Å². The minimum absolute atomic E-state index is 0.159. The number of carbonyl (C=O) groups is 1. The number of rotatable bonds is 2. The zero-order valence-electron chi connectivity index (χ0n) is 8.53. The second-order valence-corrected chi connectivity index (χ2v) is 3.60. The topological polar surface area (TPSA) is 29.5 Å². The zero-order valence-corrected chi connectivity index (χ0v) is 8.53. The lowest BCUT2D eigenvalue weighted by Gasteiger charge is -2.33. The quantitative estimate of drug-likeness (QED) is 0.716. The molecule has 0 radical (unpaired) electrons. The van der Waals surface area contributed by atoms with Crippen LogP contribution >= 0.6 is 0 Å². The molecule has 1 heterocycles. The van der Waals surface area contributed by atoms with Gasteiger partial charge in [-0.25, -0.2) is 8.78 Å². The number of halogens is 2. The van der Waals surface area contributed by atoms with Crippen molar-refractivity contribution < 1.29 is 18.3 Å². The average molecular weight is 227 g/mol. The second kappa shape index (κ2) is 4.57. The Morgan fingerprint density at radius 1 is 1.44 bits per heavy atom. The average Bonchev–Trinajstić information content (AvgIpc) is 2.32. The number of nitrogens with zero attached hydrogens (tertiary/aromatic N) is 1. The van der Waals surface area contributed by atoms with Gasteiger partial charge in [-0.1, -0.05) is 0 Å². The Hall–Kier alpha value is -1.49. The number of hydrogen-bond acceptors (Lipinski definition) is 2. The van der Waals surface area contributed by atoms with Crippen LogP contribution in [0.3, 0.4) is 0 Å². The standard InChI is InChI=1S/C11H11F2NO2/c12-8-1-2-10(13)9(5-8)11-6-16-4-3-14(11)7-15/h1-2,5,7,11H,3-4,6H2. The maximum atomic E-state index is 13.5. The molecular formula is C11H11F2NO2. The van der Waals surface area contributed by atoms with Crippen molar-refractivity contribution in [3.8, 4) is 0 Å². The van der Waals surface area contributed by atoms with Crippen molar-refractivity contribution in [1.82, 2.24) is 4.90 Å². The molecule has 1 saturated heterocycles. The summed E-state index contributed by atoms with van der Waals surface area (Å²) in [6, 6.07) is 2.67. The number of benzene rings is 1. The summed E-state index contributed by atoms with van der Waals surface area (Å²) in [5.41, 5.74) is 0.159. The molecule has 1 atom stereocenters. The van der Waals surface area contributed by atoms with E-state index < -0.39 is 17.7 Å². The zero-order chi connectivity index (χ0) is 11.5. The first-order valence-corrected chi connectivity index (χ1v) is 4.96. The monoisotopic (exact) mass is 227 g/mol. The predicted octanol–water partition coefficient (Wildman–Crippen LogP) is 1.49. The van der Waals surface area contributed by atoms with Crippen molar-refractivity contribution in [2.24, 2.45) is 0 Å². The summed E-state index contributed by atoms with van der Waals surface area (Å²) in [5, 5.41) is 0. The molecule has 0 saturated carbocycles. The van der Waals surface area contributed by atoms with E-state index in [9.17, 15) is 13.6 Å². The van der Waals surface area contributed by atoms with Crippen molar-refractivity contribution in [1.29, 1.82) is 0 Å². The van der Waals surface area contributed by atoms with Gasteiger partial charge in [0.1, 0.15) is 11.6 Å². The molecule has 0 N–H and O–H groups in total. The Kier molecular flexibility index (Phi) is 3.14. The second-order valence-electron chi connectivity index (χ2n) is 3.60. The van der Waals surface area contributed by atoms with Gasteiger partial charge < -0.3 is 9.64 Å². The number of ether oxygens (including phenoxy) is 1. The molecule has 1 unspecified atom stereocenters. The van der Waals surface area contributed by atoms with E-state index in [4.69, 9.17) is 4.74 Å². The lowest BCUT2D eigenvalue weighted by atomic mass is 10.0. The highest BCUT2D eigenvalue weighted by Crippen LogP contribution is 2.25. The van der Waals surface area contributed by atoms with Crippen LogP contribution in [-0.2, 0) is 9.53 Å². The highest BCUT2D eigenvalue weighted by Gasteiger charge is 2.26. The van der Waals surface area contributed by atoms with Crippen molar-refractivity contribution in [2.45, 2.75) is 6.04 Å². The smallest absolute Gasteiger partial charge is 0.210 e. The van der Waals surface area contributed by atoms with Crippen LogP contribution in [0.25, 0.3) is 0 Å². The molecule has 86 valence electrons. The number of amides is 1. The van der Waals surface area contributed by atoms with Crippen LogP contribution in [0, 0.1) is 11.6 Å². The maximum absolute atomic E-state index is 13.5. The summed E-state index contributed by atoms with van der Waals surface area (Å²) >= 11 is 0. The van der Waals surface area contributed by atoms with E-state index in [1.54, 1.807) is 0 Å². The molecule has 1 aromatic rings. The lowest BCUT2D eigenvalue weighted by Crippen LogP contribution is -2.38. The Labute approximate surface area is 91.6 Å². The number of carbonyl (C=O) groups excluding carboxylic acids is 1. The summed E-state index contributed by atoms with van der Waals surface area (Å²) in [4.78, 5) is 12.2. The fraction of sp³-hybridized carbons (Fsp3) is 0.364. The minimum atomic E-state index is -0.540. The Balaban J connectivity index is 2.33. The minimum Gasteiger partial charge on any atom is -0.377 e. The molecule has 0 bridgehead atoms. The summed E-state index contributed by atoms with van der Waals surface area (Å²) in [7, 11) is 0. The van der Waals surface area contributed by atoms with Gasteiger partial charge in [-0.2, -0.15) is 0 Å². The van der Waals surface area contributed by atoms with Crippen molar-refractivity contribution >= 4 is 6.41 Å². The van der Waals surface area contributed by atoms with Crippen LogP contribution in [0.1, 0.15) is 11.6 Å². The molecule has 2 rings (SSSR count). The van der Waals surface area contributed by atoms with Crippen LogP contribution in [0.4, 0.5) is 8.78 Å². The van der Waals surface area contributed by atoms with Gasteiger partial charge in [0.2, 0.25) is 6.41 Å². The van der Waals surface area contributed by atoms with E-state index in [0.717, 1.165) is 18.2 Å². The summed E-state index contributed by atoms with van der Waals surface area (Å²) < 4.78 is 31.7. The van der Waals surface area contributed by atoms with Crippen LogP contribution in [-0.4, -0.2) is 31.1 Å². The molecule has 1 aromatic carbocycles. The first-order valence-electron chi connectivity index (χ1n) is 4.96. The van der Waals surface area contributed by atoms with Crippen molar-refractivity contribution in [3.63, 3.8) is 0 Å². The van der Waals surface area contributed by atoms with Gasteiger partial charge in [-0.15, -0.1) is 0 Å². The Morgan fingerprint density at radius 3 is 3.00 bits per heavy atom. The molecule has 1 aliphatic rings. The van der Waals surface area contributed by atoms with Crippen LogP contribution in [0.15, 0.2) is 18.2 Å². The van der Waals surface area contributed by atoms with Crippen LogP contribution < -0.4 is 0 Å². The molecule has 16 heavy (non-hydrogen) atoms. The van der Waals surface area contributed by atoms with E-state index in [2.05, 4.69) is 0 Å². The van der Waals surface area contributed by atoms with Gasteiger partial charge in [-0.3, -0.25) is 4.79 Å². The summed E-state index contributed by atoms with van der Waals surface area (Å²) in [6.45, 7) is 1.01. The van der Waals surface area contributed by atoms with Crippen molar-refractivity contribution in [3.05, 3.63) is 35.4 Å². The lowest BCUT2D eigenvalue weighted by molar-refractivity contribution is -0.126. The molecule has 0 aromatic heterocycles. The van der Waals surface area contributed by atoms with Gasteiger partial charge in [0, 0.05) is 12.1 Å². The third-order valence-corrected chi connectivity index (χ3v) is 2.62. The normalized spacial score (nSPS) is 20.9. The van der Waals surface area contributed by atoms with Gasteiger partial charge in [0.25, 0.3) is 0 Å². The third-order valence-electron chi connectivity index (χ3n) is 2.62. The van der Waals surface area contributed by atoms with E-state index in [1.807, 2.05) is 0 Å². The molecule has 1 fully saturated rings. The first-order chi connectivity index (χ1) is 7.72. The predicted molar refractivity (Wildman–Crippen MR) is 52.7 cm³/mol. The molecule has 1 aliphatic heterocycles. The fourth-order valence-corrected chi connectivity index (χ4v) is 1.78. The van der Waals surface area contributed by atoms with Gasteiger partial charge in [0.15, 0.2) is 0 Å². The molecule has 0 spiro atoms.